The van der Waals surface area contributed by atoms with Crippen LogP contribution in [0.15, 0.2) is 12.3 Å². The fraction of sp³-hybridized carbons (Fsp3) is 0.571. The van der Waals surface area contributed by atoms with Gasteiger partial charge in [-0.1, -0.05) is 25.4 Å². The van der Waals surface area contributed by atoms with Crippen molar-refractivity contribution in [2.24, 2.45) is 5.41 Å². The Hall–Kier alpha value is -1.29. The molecule has 1 fully saturated rings. The first-order valence-corrected chi connectivity index (χ1v) is 6.90. The number of nitrogens with one attached hydrogen (secondary N) is 1. The van der Waals surface area contributed by atoms with Crippen LogP contribution in [0, 0.1) is 5.41 Å². The summed E-state index contributed by atoms with van der Waals surface area (Å²) in [7, 11) is 0. The lowest BCUT2D eigenvalue weighted by Crippen LogP contribution is -2.30. The molecule has 0 radical (unpaired) electrons. The molecular formula is C14H19ClN2O2. The highest BCUT2D eigenvalue weighted by Gasteiger charge is 2.27. The van der Waals surface area contributed by atoms with Crippen molar-refractivity contribution in [3.63, 3.8) is 0 Å². The molecule has 0 atom stereocenters. The van der Waals surface area contributed by atoms with Gasteiger partial charge in [-0.3, -0.25) is 0 Å². The zero-order valence-electron chi connectivity index (χ0n) is 11.2. The maximum Gasteiger partial charge on any atom is 0.337 e. The molecule has 104 valence electrons. The van der Waals surface area contributed by atoms with E-state index in [1.807, 2.05) is 0 Å². The van der Waals surface area contributed by atoms with Gasteiger partial charge in [-0.25, -0.2) is 9.78 Å². The molecule has 0 spiro atoms. The summed E-state index contributed by atoms with van der Waals surface area (Å²) >= 11 is 6.06. The molecule has 1 aromatic rings. The maximum atomic E-state index is 10.8. The van der Waals surface area contributed by atoms with Gasteiger partial charge in [-0.05, 0) is 37.2 Å². The first kappa shape index (κ1) is 14.1. The van der Waals surface area contributed by atoms with Crippen LogP contribution in [0.4, 0.5) is 5.82 Å². The minimum atomic E-state index is -1.01. The van der Waals surface area contributed by atoms with Gasteiger partial charge in [0.05, 0.1) is 10.6 Å². The first-order chi connectivity index (χ1) is 8.87. The SMILES string of the molecule is CC1(C)CCC(Nc2ncc(C(=O)O)cc2Cl)CC1. The van der Waals surface area contributed by atoms with Crippen molar-refractivity contribution in [1.82, 2.24) is 4.98 Å². The molecule has 5 heteroatoms. The first-order valence-electron chi connectivity index (χ1n) is 6.53. The lowest BCUT2D eigenvalue weighted by Gasteiger charge is -2.34. The number of rotatable bonds is 3. The standard InChI is InChI=1S/C14H19ClN2O2/c1-14(2)5-3-10(4-6-14)17-12-11(15)7-9(8-16-12)13(18)19/h7-8,10H,3-6H2,1-2H3,(H,16,17)(H,18,19). The third kappa shape index (κ3) is 3.60. The van der Waals surface area contributed by atoms with Crippen molar-refractivity contribution in [3.05, 3.63) is 22.8 Å². The summed E-state index contributed by atoms with van der Waals surface area (Å²) in [6.07, 6.45) is 5.87. The molecule has 1 saturated carbocycles. The summed E-state index contributed by atoms with van der Waals surface area (Å²) in [5.41, 5.74) is 0.531. The zero-order valence-corrected chi connectivity index (χ0v) is 12.0. The topological polar surface area (TPSA) is 62.2 Å². The molecule has 1 aromatic heterocycles. The van der Waals surface area contributed by atoms with Crippen molar-refractivity contribution in [2.45, 2.75) is 45.6 Å². The number of carboxylic acid groups (broad SMARTS) is 1. The van der Waals surface area contributed by atoms with E-state index in [1.165, 1.54) is 25.1 Å². The Morgan fingerprint density at radius 2 is 2.11 bits per heavy atom. The molecule has 0 saturated heterocycles. The average Bonchev–Trinajstić information content (AvgIpc) is 2.34. The molecule has 4 nitrogen and oxygen atoms in total. The lowest BCUT2D eigenvalue weighted by atomic mass is 9.75. The number of halogens is 1. The van der Waals surface area contributed by atoms with Crippen LogP contribution < -0.4 is 5.32 Å². The monoisotopic (exact) mass is 282 g/mol. The summed E-state index contributed by atoms with van der Waals surface area (Å²) in [5, 5.41) is 12.5. The van der Waals surface area contributed by atoms with Gasteiger partial charge < -0.3 is 10.4 Å². The number of carboxylic acids is 1. The molecule has 1 aliphatic carbocycles. The Labute approximate surface area is 118 Å². The highest BCUT2D eigenvalue weighted by molar-refractivity contribution is 6.33. The minimum absolute atomic E-state index is 0.111. The van der Waals surface area contributed by atoms with Gasteiger partial charge in [-0.2, -0.15) is 0 Å². The Balaban J connectivity index is 2.02. The van der Waals surface area contributed by atoms with Crippen LogP contribution in [0.5, 0.6) is 0 Å². The van der Waals surface area contributed by atoms with E-state index in [-0.39, 0.29) is 5.56 Å². The van der Waals surface area contributed by atoms with E-state index in [0.29, 0.717) is 22.3 Å². The summed E-state index contributed by atoms with van der Waals surface area (Å²) in [4.78, 5) is 14.9. The number of hydrogen-bond acceptors (Lipinski definition) is 3. The van der Waals surface area contributed by atoms with Crippen molar-refractivity contribution in [1.29, 1.82) is 0 Å². The van der Waals surface area contributed by atoms with E-state index in [1.54, 1.807) is 0 Å². The van der Waals surface area contributed by atoms with Crippen LogP contribution >= 0.6 is 11.6 Å². The average molecular weight is 283 g/mol. The second-order valence-electron chi connectivity index (χ2n) is 5.94. The van der Waals surface area contributed by atoms with E-state index in [0.717, 1.165) is 12.8 Å². The molecule has 0 aliphatic heterocycles. The van der Waals surface area contributed by atoms with Crippen molar-refractivity contribution in [3.8, 4) is 0 Å². The van der Waals surface area contributed by atoms with Crippen LogP contribution in [0.1, 0.15) is 49.9 Å². The van der Waals surface area contributed by atoms with Crippen LogP contribution in [0.25, 0.3) is 0 Å². The maximum absolute atomic E-state index is 10.8. The zero-order chi connectivity index (χ0) is 14.0. The van der Waals surface area contributed by atoms with Gasteiger partial charge in [-0.15, -0.1) is 0 Å². The van der Waals surface area contributed by atoms with E-state index >= 15 is 0 Å². The highest BCUT2D eigenvalue weighted by Crippen LogP contribution is 2.36. The fourth-order valence-electron chi connectivity index (χ4n) is 2.40. The predicted molar refractivity (Wildman–Crippen MR) is 75.9 cm³/mol. The van der Waals surface area contributed by atoms with Crippen LogP contribution in [-0.2, 0) is 0 Å². The highest BCUT2D eigenvalue weighted by atomic mass is 35.5. The molecule has 0 bridgehead atoms. The number of carbonyl (C=O) groups is 1. The normalized spacial score (nSPS) is 19.1. The van der Waals surface area contributed by atoms with Gasteiger partial charge in [0, 0.05) is 12.2 Å². The van der Waals surface area contributed by atoms with Crippen LogP contribution in [0.3, 0.4) is 0 Å². The molecule has 1 heterocycles. The van der Waals surface area contributed by atoms with Crippen molar-refractivity contribution < 1.29 is 9.90 Å². The summed E-state index contributed by atoms with van der Waals surface area (Å²) in [6, 6.07) is 1.81. The number of aromatic carboxylic acids is 1. The minimum Gasteiger partial charge on any atom is -0.478 e. The number of aromatic nitrogens is 1. The number of pyridine rings is 1. The largest absolute Gasteiger partial charge is 0.478 e. The number of nitrogens with zero attached hydrogens (tertiary/aromatic N) is 1. The molecule has 1 aliphatic rings. The van der Waals surface area contributed by atoms with Gasteiger partial charge >= 0.3 is 5.97 Å². The third-order valence-corrected chi connectivity index (χ3v) is 4.06. The van der Waals surface area contributed by atoms with Gasteiger partial charge in [0.2, 0.25) is 0 Å². The van der Waals surface area contributed by atoms with Gasteiger partial charge in [0.25, 0.3) is 0 Å². The van der Waals surface area contributed by atoms with E-state index < -0.39 is 5.97 Å². The molecule has 0 amide bonds. The summed E-state index contributed by atoms with van der Waals surface area (Å²) < 4.78 is 0. The molecule has 2 N–H and O–H groups in total. The summed E-state index contributed by atoms with van der Waals surface area (Å²) in [5.74, 6) is -0.434. The Bertz CT molecular complexity index is 478. The summed E-state index contributed by atoms with van der Waals surface area (Å²) in [6.45, 7) is 4.58. The number of anilines is 1. The van der Waals surface area contributed by atoms with E-state index in [2.05, 4.69) is 24.1 Å². The van der Waals surface area contributed by atoms with Crippen molar-refractivity contribution in [2.75, 3.05) is 5.32 Å². The third-order valence-electron chi connectivity index (χ3n) is 3.77. The second kappa shape index (κ2) is 5.37. The molecule has 19 heavy (non-hydrogen) atoms. The molecule has 0 aromatic carbocycles. The van der Waals surface area contributed by atoms with Crippen molar-refractivity contribution >= 4 is 23.4 Å². The smallest absolute Gasteiger partial charge is 0.337 e. The van der Waals surface area contributed by atoms with Crippen LogP contribution in [-0.4, -0.2) is 22.1 Å². The van der Waals surface area contributed by atoms with Gasteiger partial charge in [0.1, 0.15) is 5.82 Å². The Morgan fingerprint density at radius 1 is 1.47 bits per heavy atom. The van der Waals surface area contributed by atoms with E-state index in [4.69, 9.17) is 16.7 Å². The predicted octanol–water partition coefficient (Wildman–Crippen LogP) is 3.81. The molecular weight excluding hydrogens is 264 g/mol. The van der Waals surface area contributed by atoms with E-state index in [9.17, 15) is 4.79 Å². The Kier molecular flexibility index (Phi) is 3.99. The lowest BCUT2D eigenvalue weighted by molar-refractivity contribution is 0.0696. The Morgan fingerprint density at radius 3 is 2.63 bits per heavy atom. The fourth-order valence-corrected chi connectivity index (χ4v) is 2.62. The number of hydrogen-bond donors (Lipinski definition) is 2. The van der Waals surface area contributed by atoms with Crippen LogP contribution in [0.2, 0.25) is 5.02 Å². The molecule has 2 rings (SSSR count). The molecule has 0 unspecified atom stereocenters. The van der Waals surface area contributed by atoms with Gasteiger partial charge in [0.15, 0.2) is 0 Å². The second-order valence-corrected chi connectivity index (χ2v) is 6.35. The quantitative estimate of drug-likeness (QED) is 0.885.